The maximum atomic E-state index is 10.4. The summed E-state index contributed by atoms with van der Waals surface area (Å²) < 4.78 is 0. The zero-order chi connectivity index (χ0) is 20.2. The number of rotatable bonds is 17. The van der Waals surface area contributed by atoms with Gasteiger partial charge in [0, 0.05) is 13.0 Å². The number of carboxylic acid groups (broad SMARTS) is 1. The minimum absolute atomic E-state index is 0.206. The molecule has 0 aliphatic heterocycles. The molecule has 0 saturated heterocycles. The van der Waals surface area contributed by atoms with Gasteiger partial charge in [0.15, 0.2) is 0 Å². The van der Waals surface area contributed by atoms with Crippen molar-refractivity contribution in [3.05, 3.63) is 48.6 Å². The van der Waals surface area contributed by atoms with E-state index in [1.54, 1.807) is 6.08 Å². The van der Waals surface area contributed by atoms with E-state index in [0.717, 1.165) is 44.9 Å². The van der Waals surface area contributed by atoms with E-state index in [2.05, 4.69) is 31.2 Å². The van der Waals surface area contributed by atoms with Crippen LogP contribution >= 0.6 is 0 Å². The van der Waals surface area contributed by atoms with Crippen molar-refractivity contribution in [1.29, 1.82) is 0 Å². The largest absolute Gasteiger partial charge is 0.481 e. The molecule has 0 heterocycles. The second-order valence-corrected chi connectivity index (χ2v) is 6.82. The van der Waals surface area contributed by atoms with Crippen LogP contribution in [-0.2, 0) is 4.79 Å². The van der Waals surface area contributed by atoms with Crippen LogP contribution in [0.25, 0.3) is 0 Å². The lowest BCUT2D eigenvalue weighted by Gasteiger charge is -2.09. The third-order valence-corrected chi connectivity index (χ3v) is 4.28. The van der Waals surface area contributed by atoms with Gasteiger partial charge in [0.1, 0.15) is 0 Å². The molecule has 0 aromatic heterocycles. The molecule has 4 nitrogen and oxygen atoms in total. The quantitative estimate of drug-likeness (QED) is 0.185. The van der Waals surface area contributed by atoms with Crippen LogP contribution in [0.2, 0.25) is 0 Å². The molecule has 0 saturated carbocycles. The van der Waals surface area contributed by atoms with Crippen LogP contribution in [0.5, 0.6) is 0 Å². The second kappa shape index (κ2) is 19.1. The van der Waals surface area contributed by atoms with Crippen LogP contribution < -0.4 is 0 Å². The number of unbranched alkanes of at least 4 members (excludes halogenated alkanes) is 2. The first-order chi connectivity index (χ1) is 13.1. The highest BCUT2D eigenvalue weighted by Crippen LogP contribution is 2.12. The molecule has 0 bridgehead atoms. The average Bonchev–Trinajstić information content (AvgIpc) is 2.65. The SMILES string of the molecule is CC/C=C\CCC(CO)C/C=C\C/C=C\C=C\[C@@H](O)CCCCCC(=O)O. The van der Waals surface area contributed by atoms with Crippen LogP contribution in [0.3, 0.4) is 0 Å². The first-order valence-corrected chi connectivity index (χ1v) is 10.2. The Kier molecular flexibility index (Phi) is 18.0. The monoisotopic (exact) mass is 378 g/mol. The van der Waals surface area contributed by atoms with Crippen LogP contribution in [0, 0.1) is 5.92 Å². The molecule has 154 valence electrons. The number of hydrogen-bond acceptors (Lipinski definition) is 3. The number of carboxylic acids is 1. The van der Waals surface area contributed by atoms with E-state index in [4.69, 9.17) is 5.11 Å². The van der Waals surface area contributed by atoms with Crippen LogP contribution in [0.4, 0.5) is 0 Å². The van der Waals surface area contributed by atoms with Gasteiger partial charge in [-0.3, -0.25) is 4.79 Å². The van der Waals surface area contributed by atoms with E-state index in [0.29, 0.717) is 18.8 Å². The summed E-state index contributed by atoms with van der Waals surface area (Å²) in [4.78, 5) is 10.4. The molecular weight excluding hydrogens is 340 g/mol. The molecule has 1 unspecified atom stereocenters. The molecule has 27 heavy (non-hydrogen) atoms. The molecule has 0 fully saturated rings. The van der Waals surface area contributed by atoms with Crippen molar-refractivity contribution in [2.75, 3.05) is 6.61 Å². The molecule has 0 amide bonds. The van der Waals surface area contributed by atoms with Crippen molar-refractivity contribution in [3.8, 4) is 0 Å². The van der Waals surface area contributed by atoms with Gasteiger partial charge in [0.05, 0.1) is 6.10 Å². The van der Waals surface area contributed by atoms with E-state index in [-0.39, 0.29) is 13.0 Å². The maximum absolute atomic E-state index is 10.4. The summed E-state index contributed by atoms with van der Waals surface area (Å²) >= 11 is 0. The fourth-order valence-electron chi connectivity index (χ4n) is 2.62. The van der Waals surface area contributed by atoms with Crippen LogP contribution in [0.1, 0.15) is 71.1 Å². The molecule has 0 rings (SSSR count). The number of aliphatic hydroxyl groups is 2. The summed E-state index contributed by atoms with van der Waals surface area (Å²) in [5.41, 5.74) is 0. The van der Waals surface area contributed by atoms with Gasteiger partial charge in [0.2, 0.25) is 0 Å². The van der Waals surface area contributed by atoms with E-state index in [1.165, 1.54) is 0 Å². The number of aliphatic hydroxyl groups excluding tert-OH is 2. The minimum Gasteiger partial charge on any atom is -0.481 e. The zero-order valence-electron chi connectivity index (χ0n) is 16.8. The summed E-state index contributed by atoms with van der Waals surface area (Å²) in [6.07, 6.45) is 23.8. The Balaban J connectivity index is 3.78. The Hall–Kier alpha value is -1.65. The van der Waals surface area contributed by atoms with Crippen molar-refractivity contribution in [1.82, 2.24) is 0 Å². The Labute approximate surface area is 165 Å². The average molecular weight is 379 g/mol. The third-order valence-electron chi connectivity index (χ3n) is 4.28. The molecule has 0 radical (unpaired) electrons. The van der Waals surface area contributed by atoms with Gasteiger partial charge in [0.25, 0.3) is 0 Å². The highest BCUT2D eigenvalue weighted by atomic mass is 16.4. The number of allylic oxidation sites excluding steroid dienone is 7. The van der Waals surface area contributed by atoms with Gasteiger partial charge in [-0.05, 0) is 50.9 Å². The fourth-order valence-corrected chi connectivity index (χ4v) is 2.62. The van der Waals surface area contributed by atoms with E-state index in [1.807, 2.05) is 18.2 Å². The molecular formula is C23H38O4. The first-order valence-electron chi connectivity index (χ1n) is 10.2. The smallest absolute Gasteiger partial charge is 0.303 e. The van der Waals surface area contributed by atoms with Crippen molar-refractivity contribution in [3.63, 3.8) is 0 Å². The topological polar surface area (TPSA) is 77.8 Å². The lowest BCUT2D eigenvalue weighted by atomic mass is 10.00. The molecule has 3 N–H and O–H groups in total. The molecule has 0 spiro atoms. The van der Waals surface area contributed by atoms with Crippen LogP contribution in [0.15, 0.2) is 48.6 Å². The van der Waals surface area contributed by atoms with Gasteiger partial charge >= 0.3 is 5.97 Å². The summed E-state index contributed by atoms with van der Waals surface area (Å²) in [6.45, 7) is 2.36. The Morgan fingerprint density at radius 2 is 1.78 bits per heavy atom. The van der Waals surface area contributed by atoms with Crippen molar-refractivity contribution in [2.45, 2.75) is 77.2 Å². The highest BCUT2D eigenvalue weighted by Gasteiger charge is 2.03. The summed E-state index contributed by atoms with van der Waals surface area (Å²) in [7, 11) is 0. The standard InChI is InChI=1S/C23H38O4/c1-2-3-4-10-15-21(20-24)16-11-7-5-6-8-12-17-22(25)18-13-9-14-19-23(26)27/h3-4,6-8,11-12,17,21-22,24-25H,2,5,9-10,13-16,18-20H2,1H3,(H,26,27)/b4-3-,8-6-,11-7-,17-12+/t21?,22-/m1/s1. The zero-order valence-corrected chi connectivity index (χ0v) is 16.8. The van der Waals surface area contributed by atoms with Crippen molar-refractivity contribution < 1.29 is 20.1 Å². The molecule has 4 heteroatoms. The van der Waals surface area contributed by atoms with Gasteiger partial charge in [-0.2, -0.15) is 0 Å². The van der Waals surface area contributed by atoms with Crippen molar-refractivity contribution in [2.24, 2.45) is 5.92 Å². The molecule has 0 aromatic carbocycles. The number of aliphatic carboxylic acids is 1. The number of hydrogen-bond donors (Lipinski definition) is 3. The summed E-state index contributed by atoms with van der Waals surface area (Å²) in [5, 5.41) is 27.8. The molecule has 0 aliphatic carbocycles. The predicted molar refractivity (Wildman–Crippen MR) is 113 cm³/mol. The highest BCUT2D eigenvalue weighted by molar-refractivity contribution is 5.66. The number of carbonyl (C=O) groups is 1. The normalized spacial score (nSPS) is 14.8. The Morgan fingerprint density at radius 3 is 2.48 bits per heavy atom. The minimum atomic E-state index is -0.759. The second-order valence-electron chi connectivity index (χ2n) is 6.82. The summed E-state index contributed by atoms with van der Waals surface area (Å²) in [6, 6.07) is 0. The first kappa shape index (κ1) is 25.4. The van der Waals surface area contributed by atoms with Gasteiger partial charge in [-0.25, -0.2) is 0 Å². The van der Waals surface area contributed by atoms with E-state index < -0.39 is 12.1 Å². The van der Waals surface area contributed by atoms with Gasteiger partial charge in [-0.1, -0.05) is 68.4 Å². The molecule has 0 aliphatic rings. The van der Waals surface area contributed by atoms with E-state index in [9.17, 15) is 15.0 Å². The maximum Gasteiger partial charge on any atom is 0.303 e. The Bertz CT molecular complexity index is 463. The Morgan fingerprint density at radius 1 is 0.963 bits per heavy atom. The molecule has 2 atom stereocenters. The predicted octanol–water partition coefficient (Wildman–Crippen LogP) is 5.19. The van der Waals surface area contributed by atoms with Gasteiger partial charge < -0.3 is 15.3 Å². The van der Waals surface area contributed by atoms with Crippen molar-refractivity contribution >= 4 is 5.97 Å². The third kappa shape index (κ3) is 18.9. The fraction of sp³-hybridized carbons (Fsp3) is 0.609. The lowest BCUT2D eigenvalue weighted by Crippen LogP contribution is -2.04. The lowest BCUT2D eigenvalue weighted by molar-refractivity contribution is -0.137. The molecule has 0 aromatic rings. The summed E-state index contributed by atoms with van der Waals surface area (Å²) in [5.74, 6) is -0.428. The van der Waals surface area contributed by atoms with E-state index >= 15 is 0 Å². The van der Waals surface area contributed by atoms with Crippen LogP contribution in [-0.4, -0.2) is 34.0 Å². The van der Waals surface area contributed by atoms with Gasteiger partial charge in [-0.15, -0.1) is 0 Å².